The number of piperidine rings is 1. The highest BCUT2D eigenvalue weighted by atomic mass is 16.2. The molecule has 1 aromatic carbocycles. The van der Waals surface area contributed by atoms with Gasteiger partial charge in [0.1, 0.15) is 5.69 Å². The molecule has 1 aliphatic carbocycles. The second-order valence-electron chi connectivity index (χ2n) is 10.2. The van der Waals surface area contributed by atoms with Crippen molar-refractivity contribution in [3.63, 3.8) is 0 Å². The number of carbonyl (C=O) groups excluding carboxylic acids is 2. The summed E-state index contributed by atoms with van der Waals surface area (Å²) in [6.07, 6.45) is 9.18. The maximum atomic E-state index is 13.4. The number of rotatable bonds is 6. The van der Waals surface area contributed by atoms with Crippen LogP contribution in [0.2, 0.25) is 0 Å². The van der Waals surface area contributed by atoms with Crippen LogP contribution in [0.3, 0.4) is 0 Å². The van der Waals surface area contributed by atoms with Crippen LogP contribution in [-0.2, 0) is 6.54 Å². The van der Waals surface area contributed by atoms with E-state index in [0.29, 0.717) is 24.3 Å². The molecule has 3 heterocycles. The monoisotopic (exact) mass is 448 g/mol. The Morgan fingerprint density at radius 3 is 2.64 bits per heavy atom. The molecule has 33 heavy (non-hydrogen) atoms. The fraction of sp³-hybridized carbons (Fsp3) is 0.593. The molecule has 2 aromatic rings. The molecule has 2 fully saturated rings. The van der Waals surface area contributed by atoms with Gasteiger partial charge in [-0.15, -0.1) is 0 Å². The van der Waals surface area contributed by atoms with E-state index in [-0.39, 0.29) is 17.9 Å². The van der Waals surface area contributed by atoms with Crippen molar-refractivity contribution in [3.8, 4) is 0 Å². The molecule has 176 valence electrons. The molecule has 0 radical (unpaired) electrons. The highest BCUT2D eigenvalue weighted by molar-refractivity contribution is 6.11. The van der Waals surface area contributed by atoms with Crippen molar-refractivity contribution >= 4 is 22.7 Å². The average Bonchev–Trinajstić information content (AvgIpc) is 3.17. The second-order valence-corrected chi connectivity index (χ2v) is 10.2. The summed E-state index contributed by atoms with van der Waals surface area (Å²) in [5.74, 6) is 0.755. The zero-order valence-corrected chi connectivity index (χ0v) is 19.8. The Morgan fingerprint density at radius 2 is 1.85 bits per heavy atom. The number of fused-ring (bicyclic) bond motifs is 2. The van der Waals surface area contributed by atoms with Crippen LogP contribution in [0, 0.1) is 5.92 Å². The van der Waals surface area contributed by atoms with E-state index >= 15 is 0 Å². The molecule has 0 bridgehead atoms. The number of hydrogen-bond donors (Lipinski definition) is 1. The first-order chi connectivity index (χ1) is 16.1. The summed E-state index contributed by atoms with van der Waals surface area (Å²) < 4.78 is 0. The molecule has 0 atom stereocenters. The molecule has 1 saturated heterocycles. The van der Waals surface area contributed by atoms with E-state index in [1.807, 2.05) is 29.2 Å². The Kier molecular flexibility index (Phi) is 6.63. The van der Waals surface area contributed by atoms with E-state index in [1.165, 1.54) is 32.1 Å². The predicted octanol–water partition coefficient (Wildman–Crippen LogP) is 4.38. The third-order valence-corrected chi connectivity index (χ3v) is 7.84. The normalized spacial score (nSPS) is 20.4. The van der Waals surface area contributed by atoms with Crippen LogP contribution in [0.25, 0.3) is 10.9 Å². The smallest absolute Gasteiger partial charge is 0.273 e. The zero-order valence-electron chi connectivity index (χ0n) is 19.8. The van der Waals surface area contributed by atoms with Crippen molar-refractivity contribution in [2.75, 3.05) is 26.2 Å². The van der Waals surface area contributed by atoms with Crippen molar-refractivity contribution in [3.05, 3.63) is 41.1 Å². The van der Waals surface area contributed by atoms with Crippen LogP contribution in [0.5, 0.6) is 0 Å². The molecular formula is C27H36N4O2. The molecular weight excluding hydrogens is 412 g/mol. The standard InChI is InChI=1S/C27H36N4O2/c1-19-12-16-30(17-13-19)15-7-14-28-26(32)24-21-10-5-6-11-23(21)29-25-22(24)18-31(27(25)33)20-8-3-2-4-9-20/h5-6,10-11,19-20H,2-4,7-9,12-18H2,1H3,(H,28,32). The minimum atomic E-state index is -0.0737. The first-order valence-corrected chi connectivity index (χ1v) is 12.8. The van der Waals surface area contributed by atoms with Gasteiger partial charge in [0.05, 0.1) is 11.1 Å². The van der Waals surface area contributed by atoms with Gasteiger partial charge in [0.25, 0.3) is 11.8 Å². The fourth-order valence-electron chi connectivity index (χ4n) is 5.79. The quantitative estimate of drug-likeness (QED) is 0.666. The first-order valence-electron chi connectivity index (χ1n) is 12.8. The van der Waals surface area contributed by atoms with Crippen molar-refractivity contribution in [2.24, 2.45) is 5.92 Å². The lowest BCUT2D eigenvalue weighted by Crippen LogP contribution is -2.37. The number of hydrogen-bond acceptors (Lipinski definition) is 4. The van der Waals surface area contributed by atoms with Gasteiger partial charge < -0.3 is 15.1 Å². The highest BCUT2D eigenvalue weighted by Gasteiger charge is 2.37. The molecule has 0 spiro atoms. The molecule has 6 heteroatoms. The number of para-hydroxylation sites is 1. The summed E-state index contributed by atoms with van der Waals surface area (Å²) >= 11 is 0. The number of benzene rings is 1. The van der Waals surface area contributed by atoms with Crippen LogP contribution in [0.15, 0.2) is 24.3 Å². The van der Waals surface area contributed by atoms with Gasteiger partial charge in [-0.1, -0.05) is 44.4 Å². The van der Waals surface area contributed by atoms with E-state index in [9.17, 15) is 9.59 Å². The van der Waals surface area contributed by atoms with Gasteiger partial charge in [0, 0.05) is 30.1 Å². The molecule has 1 aromatic heterocycles. The zero-order chi connectivity index (χ0) is 22.8. The van der Waals surface area contributed by atoms with Crippen LogP contribution < -0.4 is 5.32 Å². The number of likely N-dealkylation sites (tertiary alicyclic amines) is 1. The predicted molar refractivity (Wildman–Crippen MR) is 130 cm³/mol. The lowest BCUT2D eigenvalue weighted by molar-refractivity contribution is 0.0655. The summed E-state index contributed by atoms with van der Waals surface area (Å²) in [4.78, 5) is 35.9. The van der Waals surface area contributed by atoms with Crippen molar-refractivity contribution in [1.29, 1.82) is 0 Å². The summed E-state index contributed by atoms with van der Waals surface area (Å²) in [5.41, 5.74) is 2.66. The first kappa shape index (κ1) is 22.3. The van der Waals surface area contributed by atoms with Gasteiger partial charge in [0.15, 0.2) is 0 Å². The number of aromatic nitrogens is 1. The lowest BCUT2D eigenvalue weighted by Gasteiger charge is -2.30. The highest BCUT2D eigenvalue weighted by Crippen LogP contribution is 2.34. The Labute approximate surface area is 196 Å². The van der Waals surface area contributed by atoms with Gasteiger partial charge in [-0.2, -0.15) is 0 Å². The van der Waals surface area contributed by atoms with E-state index in [1.54, 1.807) is 0 Å². The molecule has 1 N–H and O–H groups in total. The largest absolute Gasteiger partial charge is 0.352 e. The summed E-state index contributed by atoms with van der Waals surface area (Å²) in [6.45, 7) is 6.83. The minimum Gasteiger partial charge on any atom is -0.352 e. The number of pyridine rings is 1. The topological polar surface area (TPSA) is 65.5 Å². The fourth-order valence-corrected chi connectivity index (χ4v) is 5.79. The second kappa shape index (κ2) is 9.80. The number of carbonyl (C=O) groups is 2. The molecule has 0 unspecified atom stereocenters. The third-order valence-electron chi connectivity index (χ3n) is 7.84. The van der Waals surface area contributed by atoms with Crippen molar-refractivity contribution in [1.82, 2.24) is 20.1 Å². The Morgan fingerprint density at radius 1 is 1.09 bits per heavy atom. The number of nitrogens with one attached hydrogen (secondary N) is 1. The SMILES string of the molecule is CC1CCN(CCCNC(=O)c2c3c(nc4ccccc24)C(=O)N(C2CCCCC2)C3)CC1. The van der Waals surface area contributed by atoms with Crippen molar-refractivity contribution in [2.45, 2.75) is 70.9 Å². The van der Waals surface area contributed by atoms with E-state index < -0.39 is 0 Å². The molecule has 2 aliphatic heterocycles. The Bertz CT molecular complexity index is 1020. The average molecular weight is 449 g/mol. The Hall–Kier alpha value is -2.47. The third kappa shape index (κ3) is 4.63. The Balaban J connectivity index is 1.32. The summed E-state index contributed by atoms with van der Waals surface area (Å²) in [7, 11) is 0. The van der Waals surface area contributed by atoms with Gasteiger partial charge in [0.2, 0.25) is 0 Å². The van der Waals surface area contributed by atoms with Crippen molar-refractivity contribution < 1.29 is 9.59 Å². The summed E-state index contributed by atoms with van der Waals surface area (Å²) in [5, 5.41) is 4.00. The van der Waals surface area contributed by atoms with Crippen LogP contribution in [0.4, 0.5) is 0 Å². The van der Waals surface area contributed by atoms with E-state index in [4.69, 9.17) is 4.98 Å². The molecule has 2 amide bonds. The maximum Gasteiger partial charge on any atom is 0.273 e. The minimum absolute atomic E-state index is 0.00368. The maximum absolute atomic E-state index is 13.4. The number of nitrogens with zero attached hydrogens (tertiary/aromatic N) is 3. The lowest BCUT2D eigenvalue weighted by atomic mass is 9.94. The van der Waals surface area contributed by atoms with Crippen LogP contribution in [0.1, 0.15) is 84.7 Å². The molecule has 3 aliphatic rings. The molecule has 6 nitrogen and oxygen atoms in total. The molecule has 5 rings (SSSR count). The van der Waals surface area contributed by atoms with Gasteiger partial charge in [-0.05, 0) is 63.7 Å². The van der Waals surface area contributed by atoms with Gasteiger partial charge in [-0.3, -0.25) is 9.59 Å². The van der Waals surface area contributed by atoms with E-state index in [0.717, 1.165) is 61.3 Å². The van der Waals surface area contributed by atoms with Crippen LogP contribution in [-0.4, -0.2) is 58.8 Å². The van der Waals surface area contributed by atoms with Gasteiger partial charge >= 0.3 is 0 Å². The van der Waals surface area contributed by atoms with E-state index in [2.05, 4.69) is 17.1 Å². The summed E-state index contributed by atoms with van der Waals surface area (Å²) in [6, 6.07) is 7.99. The van der Waals surface area contributed by atoms with Crippen LogP contribution >= 0.6 is 0 Å². The van der Waals surface area contributed by atoms with Gasteiger partial charge in [-0.25, -0.2) is 4.98 Å². The molecule has 1 saturated carbocycles. The number of amides is 2.